The molecule has 0 aromatic rings. The minimum absolute atomic E-state index is 0. The molecular formula is C5H15NO. The van der Waals surface area contributed by atoms with Gasteiger partial charge in [0.15, 0.2) is 0 Å². The van der Waals surface area contributed by atoms with Gasteiger partial charge in [0, 0.05) is 6.04 Å². The van der Waals surface area contributed by atoms with Crippen molar-refractivity contribution in [3.05, 3.63) is 0 Å². The molecule has 2 heteroatoms. The highest BCUT2D eigenvalue weighted by Crippen LogP contribution is 1.79. The van der Waals surface area contributed by atoms with Gasteiger partial charge in [-0.3, -0.25) is 0 Å². The van der Waals surface area contributed by atoms with Crippen LogP contribution in [0.1, 0.15) is 20.8 Å². The van der Waals surface area contributed by atoms with Gasteiger partial charge in [-0.15, -0.1) is 0 Å². The molecule has 0 aliphatic rings. The fourth-order valence-electron chi connectivity index (χ4n) is 0.129. The van der Waals surface area contributed by atoms with Crippen molar-refractivity contribution >= 4 is 0 Å². The van der Waals surface area contributed by atoms with Crippen LogP contribution < -0.4 is 5.73 Å². The third-order valence-corrected chi connectivity index (χ3v) is 0.759. The topological polar surface area (TPSA) is 46.2 Å². The van der Waals surface area contributed by atoms with Crippen LogP contribution >= 0.6 is 0 Å². The van der Waals surface area contributed by atoms with E-state index in [4.69, 9.17) is 10.8 Å². The van der Waals surface area contributed by atoms with Crippen molar-refractivity contribution in [3.8, 4) is 0 Å². The number of aliphatic hydroxyl groups is 1. The van der Waals surface area contributed by atoms with E-state index in [1.54, 1.807) is 0 Å². The second-order valence-corrected chi connectivity index (χ2v) is 1.35. The highest BCUT2D eigenvalue weighted by molar-refractivity contribution is 4.51. The molecule has 0 amide bonds. The molecule has 0 aliphatic carbocycles. The van der Waals surface area contributed by atoms with Gasteiger partial charge in [0.05, 0.1) is 6.61 Å². The average molecular weight is 105 g/mol. The predicted molar refractivity (Wildman–Crippen MR) is 32.1 cm³/mol. The second kappa shape index (κ2) is 5.92. The van der Waals surface area contributed by atoms with Crippen LogP contribution in [0.2, 0.25) is 0 Å². The Hall–Kier alpha value is -0.0800. The first-order valence-electron chi connectivity index (χ1n) is 2.17. The van der Waals surface area contributed by atoms with Crippen LogP contribution in [-0.4, -0.2) is 17.8 Å². The number of hydrogen-bond acceptors (Lipinski definition) is 2. The number of nitrogens with two attached hydrogens (primary N) is 1. The van der Waals surface area contributed by atoms with E-state index in [2.05, 4.69) is 0 Å². The van der Waals surface area contributed by atoms with Gasteiger partial charge in [-0.25, -0.2) is 0 Å². The van der Waals surface area contributed by atoms with Crippen molar-refractivity contribution in [2.45, 2.75) is 26.8 Å². The van der Waals surface area contributed by atoms with Crippen LogP contribution in [0.3, 0.4) is 0 Å². The lowest BCUT2D eigenvalue weighted by Gasteiger charge is -1.98. The summed E-state index contributed by atoms with van der Waals surface area (Å²) >= 11 is 0. The Morgan fingerprint density at radius 1 is 1.71 bits per heavy atom. The maximum atomic E-state index is 8.21. The monoisotopic (exact) mass is 105 g/mol. The Morgan fingerprint density at radius 2 is 2.14 bits per heavy atom. The largest absolute Gasteiger partial charge is 0.395 e. The summed E-state index contributed by atoms with van der Waals surface area (Å²) in [7, 11) is 0. The summed E-state index contributed by atoms with van der Waals surface area (Å²) in [6.07, 6.45) is 0.858. The minimum Gasteiger partial charge on any atom is -0.395 e. The van der Waals surface area contributed by atoms with E-state index in [0.717, 1.165) is 6.42 Å². The molecule has 1 atom stereocenters. The average Bonchev–Trinajstić information content (AvgIpc) is 1.65. The standard InChI is InChI=1S/C4H11NO.CH4/c1-2-4(5)3-6;/h4,6H,2-3,5H2,1H3;1H4. The molecule has 0 aromatic heterocycles. The minimum atomic E-state index is -0.00926. The van der Waals surface area contributed by atoms with Gasteiger partial charge in [0.1, 0.15) is 0 Å². The van der Waals surface area contributed by atoms with Gasteiger partial charge < -0.3 is 10.8 Å². The summed E-state index contributed by atoms with van der Waals surface area (Å²) in [5.74, 6) is 0. The van der Waals surface area contributed by atoms with Crippen LogP contribution in [0.15, 0.2) is 0 Å². The first kappa shape index (κ1) is 10.0. The molecule has 7 heavy (non-hydrogen) atoms. The van der Waals surface area contributed by atoms with E-state index in [1.807, 2.05) is 6.92 Å². The van der Waals surface area contributed by atoms with Crippen LogP contribution in [0, 0.1) is 0 Å². The Bertz CT molecular complexity index is 27.3. The van der Waals surface area contributed by atoms with E-state index < -0.39 is 0 Å². The van der Waals surface area contributed by atoms with Gasteiger partial charge in [-0.2, -0.15) is 0 Å². The molecule has 46 valence electrons. The molecule has 0 radical (unpaired) electrons. The van der Waals surface area contributed by atoms with Gasteiger partial charge in [-0.1, -0.05) is 14.4 Å². The lowest BCUT2D eigenvalue weighted by molar-refractivity contribution is 0.263. The van der Waals surface area contributed by atoms with E-state index in [9.17, 15) is 0 Å². The highest BCUT2D eigenvalue weighted by atomic mass is 16.3. The first-order valence-corrected chi connectivity index (χ1v) is 2.17. The molecule has 0 fully saturated rings. The predicted octanol–water partition coefficient (Wildman–Crippen LogP) is 0.352. The SMILES string of the molecule is C.CCC(N)CO. The quantitative estimate of drug-likeness (QED) is 0.532. The molecular weight excluding hydrogens is 90.1 g/mol. The van der Waals surface area contributed by atoms with Gasteiger partial charge in [-0.05, 0) is 6.42 Å². The lowest BCUT2D eigenvalue weighted by Crippen LogP contribution is -2.22. The van der Waals surface area contributed by atoms with E-state index in [0.29, 0.717) is 0 Å². The van der Waals surface area contributed by atoms with Crippen molar-refractivity contribution in [2.24, 2.45) is 5.73 Å². The molecule has 1 unspecified atom stereocenters. The fraction of sp³-hybridized carbons (Fsp3) is 1.00. The zero-order chi connectivity index (χ0) is 4.99. The molecule has 3 N–H and O–H groups in total. The summed E-state index contributed by atoms with van der Waals surface area (Å²) in [5.41, 5.74) is 5.22. The van der Waals surface area contributed by atoms with Crippen LogP contribution in [0.5, 0.6) is 0 Å². The molecule has 0 bridgehead atoms. The zero-order valence-corrected chi connectivity index (χ0v) is 4.02. The normalized spacial score (nSPS) is 12.4. The van der Waals surface area contributed by atoms with Gasteiger partial charge >= 0.3 is 0 Å². The first-order chi connectivity index (χ1) is 2.81. The Morgan fingerprint density at radius 3 is 2.14 bits per heavy atom. The molecule has 2 nitrogen and oxygen atoms in total. The van der Waals surface area contributed by atoms with Crippen LogP contribution in [0.4, 0.5) is 0 Å². The Labute approximate surface area is 45.3 Å². The van der Waals surface area contributed by atoms with Crippen LogP contribution in [-0.2, 0) is 0 Å². The molecule has 0 heterocycles. The van der Waals surface area contributed by atoms with Gasteiger partial charge in [0.2, 0.25) is 0 Å². The molecule has 0 saturated heterocycles. The number of aliphatic hydroxyl groups excluding tert-OH is 1. The maximum Gasteiger partial charge on any atom is 0.0582 e. The van der Waals surface area contributed by atoms with Crippen molar-refractivity contribution in [1.82, 2.24) is 0 Å². The number of hydrogen-bond donors (Lipinski definition) is 2. The molecule has 0 aliphatic heterocycles. The lowest BCUT2D eigenvalue weighted by atomic mass is 10.3. The van der Waals surface area contributed by atoms with Crippen LogP contribution in [0.25, 0.3) is 0 Å². The number of rotatable bonds is 2. The smallest absolute Gasteiger partial charge is 0.0582 e. The third kappa shape index (κ3) is 5.92. The zero-order valence-electron chi connectivity index (χ0n) is 4.02. The van der Waals surface area contributed by atoms with Crippen molar-refractivity contribution in [1.29, 1.82) is 0 Å². The Kier molecular flexibility index (Phi) is 8.47. The van der Waals surface area contributed by atoms with E-state index >= 15 is 0 Å². The summed E-state index contributed by atoms with van der Waals surface area (Å²) < 4.78 is 0. The summed E-state index contributed by atoms with van der Waals surface area (Å²) in [4.78, 5) is 0. The molecule has 0 aromatic carbocycles. The third-order valence-electron chi connectivity index (χ3n) is 0.759. The molecule has 0 rings (SSSR count). The van der Waals surface area contributed by atoms with Crippen molar-refractivity contribution in [2.75, 3.05) is 6.61 Å². The fourth-order valence-corrected chi connectivity index (χ4v) is 0.129. The second-order valence-electron chi connectivity index (χ2n) is 1.35. The highest BCUT2D eigenvalue weighted by Gasteiger charge is 1.90. The van der Waals surface area contributed by atoms with Crippen molar-refractivity contribution in [3.63, 3.8) is 0 Å². The van der Waals surface area contributed by atoms with E-state index in [-0.39, 0.29) is 20.1 Å². The van der Waals surface area contributed by atoms with Crippen molar-refractivity contribution < 1.29 is 5.11 Å². The molecule has 0 saturated carbocycles. The summed E-state index contributed by atoms with van der Waals surface area (Å²) in [5, 5.41) is 8.21. The molecule has 0 spiro atoms. The summed E-state index contributed by atoms with van der Waals surface area (Å²) in [6, 6.07) is -0.00926. The maximum absolute atomic E-state index is 8.21. The van der Waals surface area contributed by atoms with Gasteiger partial charge in [0.25, 0.3) is 0 Å². The summed E-state index contributed by atoms with van der Waals surface area (Å²) in [6.45, 7) is 2.05. The Balaban J connectivity index is 0. The van der Waals surface area contributed by atoms with E-state index in [1.165, 1.54) is 0 Å².